The van der Waals surface area contributed by atoms with Crippen LogP contribution in [0.3, 0.4) is 0 Å². The minimum atomic E-state index is -0.0379. The van der Waals surface area contributed by atoms with Crippen LogP contribution in [0.4, 0.5) is 5.82 Å². The Morgan fingerprint density at radius 1 is 1.29 bits per heavy atom. The molecule has 0 fully saturated rings. The number of nitrogens with zero attached hydrogens (tertiary/aromatic N) is 2. The van der Waals surface area contributed by atoms with Gasteiger partial charge in [-0.05, 0) is 12.5 Å². The molecular formula is C10H12N2O2. The fourth-order valence-electron chi connectivity index (χ4n) is 1.71. The lowest BCUT2D eigenvalue weighted by molar-refractivity contribution is -0.118. The summed E-state index contributed by atoms with van der Waals surface area (Å²) in [5, 5.41) is 0. The maximum absolute atomic E-state index is 11.5. The first kappa shape index (κ1) is 8.99. The first-order valence-electron chi connectivity index (χ1n) is 4.66. The molecule has 4 nitrogen and oxygen atoms in total. The maximum Gasteiger partial charge on any atom is 0.252 e. The van der Waals surface area contributed by atoms with Crippen LogP contribution in [0.2, 0.25) is 0 Å². The van der Waals surface area contributed by atoms with Gasteiger partial charge in [0, 0.05) is 26.1 Å². The van der Waals surface area contributed by atoms with E-state index in [1.807, 2.05) is 0 Å². The highest BCUT2D eigenvalue weighted by atomic mass is 16.2. The largest absolute Gasteiger partial charge is 0.301 e. The molecule has 0 aromatic carbocycles. The average molecular weight is 192 g/mol. The van der Waals surface area contributed by atoms with Crippen molar-refractivity contribution < 1.29 is 4.79 Å². The van der Waals surface area contributed by atoms with Gasteiger partial charge in [-0.25, -0.2) is 0 Å². The van der Waals surface area contributed by atoms with Crippen molar-refractivity contribution in [3.63, 3.8) is 0 Å². The molecule has 4 heteroatoms. The number of rotatable bonds is 0. The number of pyridine rings is 1. The van der Waals surface area contributed by atoms with Gasteiger partial charge in [0.1, 0.15) is 5.82 Å². The molecule has 0 unspecified atom stereocenters. The van der Waals surface area contributed by atoms with E-state index in [2.05, 4.69) is 0 Å². The Morgan fingerprint density at radius 3 is 2.86 bits per heavy atom. The van der Waals surface area contributed by atoms with Crippen molar-refractivity contribution in [1.29, 1.82) is 0 Å². The molecule has 1 aromatic rings. The number of hydrogen-bond donors (Lipinski definition) is 0. The summed E-state index contributed by atoms with van der Waals surface area (Å²) < 4.78 is 1.64. The predicted octanol–water partition coefficient (Wildman–Crippen LogP) is 0.605. The lowest BCUT2D eigenvalue weighted by Gasteiger charge is -2.17. The van der Waals surface area contributed by atoms with Gasteiger partial charge in [0.05, 0.1) is 0 Å². The standard InChI is InChI=1S/C10H12N2O2/c1-11-8-4-2-5-10(14)12(8)7-3-6-9(11)13/h2,4-5H,3,6-7H2,1H3. The third-order valence-electron chi connectivity index (χ3n) is 2.52. The molecule has 1 amide bonds. The topological polar surface area (TPSA) is 42.3 Å². The number of carbonyl (C=O) groups excluding carboxylic acids is 1. The fourth-order valence-corrected chi connectivity index (χ4v) is 1.71. The zero-order valence-electron chi connectivity index (χ0n) is 8.06. The number of amides is 1. The molecule has 1 aliphatic heterocycles. The molecule has 1 aromatic heterocycles. The van der Waals surface area contributed by atoms with E-state index in [1.165, 1.54) is 6.07 Å². The average Bonchev–Trinajstić information content (AvgIpc) is 2.31. The Hall–Kier alpha value is -1.58. The Bertz CT molecular complexity index is 422. The summed E-state index contributed by atoms with van der Waals surface area (Å²) in [4.78, 5) is 24.5. The highest BCUT2D eigenvalue weighted by Crippen LogP contribution is 2.16. The van der Waals surface area contributed by atoms with Gasteiger partial charge in [-0.15, -0.1) is 0 Å². The molecule has 0 saturated heterocycles. The quantitative estimate of drug-likeness (QED) is 0.604. The normalized spacial score (nSPS) is 16.4. The number of anilines is 1. The van der Waals surface area contributed by atoms with E-state index in [-0.39, 0.29) is 11.5 Å². The molecule has 14 heavy (non-hydrogen) atoms. The molecule has 0 radical (unpaired) electrons. The Balaban J connectivity index is 2.59. The van der Waals surface area contributed by atoms with Gasteiger partial charge < -0.3 is 4.90 Å². The van der Waals surface area contributed by atoms with Crippen molar-refractivity contribution >= 4 is 11.7 Å². The van der Waals surface area contributed by atoms with Crippen LogP contribution >= 0.6 is 0 Å². The van der Waals surface area contributed by atoms with Crippen molar-refractivity contribution in [1.82, 2.24) is 4.57 Å². The summed E-state index contributed by atoms with van der Waals surface area (Å²) in [6, 6.07) is 5.00. The van der Waals surface area contributed by atoms with Crippen LogP contribution in [0.1, 0.15) is 12.8 Å². The van der Waals surface area contributed by atoms with E-state index in [0.29, 0.717) is 18.8 Å². The minimum absolute atomic E-state index is 0.0379. The van der Waals surface area contributed by atoms with Gasteiger partial charge in [-0.1, -0.05) is 6.07 Å². The molecule has 0 bridgehead atoms. The van der Waals surface area contributed by atoms with Gasteiger partial charge in [-0.3, -0.25) is 14.2 Å². The highest BCUT2D eigenvalue weighted by molar-refractivity contribution is 5.92. The first-order chi connectivity index (χ1) is 6.70. The fraction of sp³-hybridized carbons (Fsp3) is 0.400. The van der Waals surface area contributed by atoms with E-state index in [9.17, 15) is 9.59 Å². The summed E-state index contributed by atoms with van der Waals surface area (Å²) in [7, 11) is 1.71. The van der Waals surface area contributed by atoms with Crippen molar-refractivity contribution in [3.05, 3.63) is 28.6 Å². The lowest BCUT2D eigenvalue weighted by Crippen LogP contribution is -2.29. The molecule has 1 aliphatic rings. The van der Waals surface area contributed by atoms with Crippen LogP contribution in [0.15, 0.2) is 23.0 Å². The number of aromatic nitrogens is 1. The molecule has 0 N–H and O–H groups in total. The van der Waals surface area contributed by atoms with E-state index in [4.69, 9.17) is 0 Å². The Kier molecular flexibility index (Phi) is 2.11. The zero-order chi connectivity index (χ0) is 10.1. The van der Waals surface area contributed by atoms with Gasteiger partial charge >= 0.3 is 0 Å². The van der Waals surface area contributed by atoms with Gasteiger partial charge in [0.2, 0.25) is 5.91 Å². The van der Waals surface area contributed by atoms with E-state index in [1.54, 1.807) is 28.6 Å². The zero-order valence-corrected chi connectivity index (χ0v) is 8.06. The molecule has 74 valence electrons. The molecular weight excluding hydrogens is 180 g/mol. The molecule has 0 spiro atoms. The van der Waals surface area contributed by atoms with Crippen LogP contribution in [0.5, 0.6) is 0 Å². The summed E-state index contributed by atoms with van der Waals surface area (Å²) in [5.74, 6) is 0.766. The third kappa shape index (κ3) is 1.32. The van der Waals surface area contributed by atoms with Crippen molar-refractivity contribution in [3.8, 4) is 0 Å². The van der Waals surface area contributed by atoms with Crippen LogP contribution < -0.4 is 10.5 Å². The second-order valence-corrected chi connectivity index (χ2v) is 3.43. The maximum atomic E-state index is 11.5. The highest BCUT2D eigenvalue weighted by Gasteiger charge is 2.18. The summed E-state index contributed by atoms with van der Waals surface area (Å²) in [5.41, 5.74) is -0.0379. The number of hydrogen-bond acceptors (Lipinski definition) is 2. The second kappa shape index (κ2) is 3.29. The summed E-state index contributed by atoms with van der Waals surface area (Å²) in [6.07, 6.45) is 1.25. The lowest BCUT2D eigenvalue weighted by atomic mass is 10.3. The molecule has 0 atom stereocenters. The minimum Gasteiger partial charge on any atom is -0.301 e. The van der Waals surface area contributed by atoms with Crippen molar-refractivity contribution in [2.45, 2.75) is 19.4 Å². The summed E-state index contributed by atoms with van der Waals surface area (Å²) in [6.45, 7) is 0.630. The second-order valence-electron chi connectivity index (χ2n) is 3.43. The SMILES string of the molecule is CN1C(=O)CCCn2c1cccc2=O. The van der Waals surface area contributed by atoms with E-state index >= 15 is 0 Å². The molecule has 0 aliphatic carbocycles. The van der Waals surface area contributed by atoms with Crippen LogP contribution in [0.25, 0.3) is 0 Å². The Morgan fingerprint density at radius 2 is 2.07 bits per heavy atom. The molecule has 0 saturated carbocycles. The van der Waals surface area contributed by atoms with Crippen LogP contribution in [-0.2, 0) is 11.3 Å². The predicted molar refractivity (Wildman–Crippen MR) is 53.3 cm³/mol. The van der Waals surface area contributed by atoms with Crippen LogP contribution in [-0.4, -0.2) is 17.5 Å². The van der Waals surface area contributed by atoms with E-state index < -0.39 is 0 Å². The number of carbonyl (C=O) groups is 1. The van der Waals surface area contributed by atoms with Crippen molar-refractivity contribution in [2.24, 2.45) is 0 Å². The first-order valence-corrected chi connectivity index (χ1v) is 4.66. The van der Waals surface area contributed by atoms with Gasteiger partial charge in [0.15, 0.2) is 0 Å². The summed E-state index contributed by atoms with van der Waals surface area (Å²) >= 11 is 0. The Labute approximate surface area is 81.8 Å². The van der Waals surface area contributed by atoms with Gasteiger partial charge in [0.25, 0.3) is 5.56 Å². The van der Waals surface area contributed by atoms with E-state index in [0.717, 1.165) is 6.42 Å². The molecule has 2 heterocycles. The molecule has 2 rings (SSSR count). The monoisotopic (exact) mass is 192 g/mol. The van der Waals surface area contributed by atoms with Gasteiger partial charge in [-0.2, -0.15) is 0 Å². The van der Waals surface area contributed by atoms with Crippen molar-refractivity contribution in [2.75, 3.05) is 11.9 Å². The smallest absolute Gasteiger partial charge is 0.252 e. The third-order valence-corrected chi connectivity index (χ3v) is 2.52. The number of fused-ring (bicyclic) bond motifs is 1. The van der Waals surface area contributed by atoms with Crippen LogP contribution in [0, 0.1) is 0 Å².